The molecule has 7 heteroatoms. The lowest BCUT2D eigenvalue weighted by atomic mass is 9.99. The summed E-state index contributed by atoms with van der Waals surface area (Å²) in [5, 5.41) is 8.43. The van der Waals surface area contributed by atoms with Gasteiger partial charge in [0.15, 0.2) is 0 Å². The van der Waals surface area contributed by atoms with Gasteiger partial charge in [-0.15, -0.1) is 0 Å². The molecule has 2 aliphatic rings. The van der Waals surface area contributed by atoms with Gasteiger partial charge >= 0.3 is 0 Å². The topological polar surface area (TPSA) is 60.8 Å². The van der Waals surface area contributed by atoms with Crippen LogP contribution >= 0.6 is 0 Å². The Balaban J connectivity index is 1.54. The molecule has 1 atom stereocenters. The maximum Gasteiger partial charge on any atom is 0.131 e. The van der Waals surface area contributed by atoms with E-state index in [1.807, 2.05) is 30.8 Å². The molecule has 1 unspecified atom stereocenters. The summed E-state index contributed by atoms with van der Waals surface area (Å²) in [6.45, 7) is 9.60. The molecule has 152 valence electrons. The highest BCUT2D eigenvalue weighted by atomic mass is 16.5. The quantitative estimate of drug-likeness (QED) is 0.823. The molecule has 2 aliphatic heterocycles. The number of anilines is 1. The van der Waals surface area contributed by atoms with Crippen LogP contribution in [0.2, 0.25) is 0 Å². The zero-order valence-corrected chi connectivity index (χ0v) is 17.0. The van der Waals surface area contributed by atoms with Gasteiger partial charge < -0.3 is 24.4 Å². The van der Waals surface area contributed by atoms with Gasteiger partial charge in [0.1, 0.15) is 17.3 Å². The van der Waals surface area contributed by atoms with Crippen molar-refractivity contribution in [1.29, 1.82) is 0 Å². The highest BCUT2D eigenvalue weighted by Gasteiger charge is 2.25. The Morgan fingerprint density at radius 2 is 2.07 bits per heavy atom. The molecule has 3 heterocycles. The molecule has 28 heavy (non-hydrogen) atoms. The number of hydrogen-bond acceptors (Lipinski definition) is 6. The molecule has 1 fully saturated rings. The van der Waals surface area contributed by atoms with Crippen molar-refractivity contribution in [3.63, 3.8) is 0 Å². The van der Waals surface area contributed by atoms with E-state index < -0.39 is 0 Å². The number of ether oxygens (including phenoxy) is 3. The molecule has 0 bridgehead atoms. The fraction of sp³-hybridized carbons (Fsp3) is 0.571. The summed E-state index contributed by atoms with van der Waals surface area (Å²) in [6, 6.07) is 6.34. The molecule has 1 N–H and O–H groups in total. The molecule has 1 aromatic carbocycles. The normalized spacial score (nSPS) is 19.2. The van der Waals surface area contributed by atoms with Crippen LogP contribution in [0.1, 0.15) is 36.2 Å². The van der Waals surface area contributed by atoms with E-state index in [0.29, 0.717) is 6.61 Å². The Bertz CT molecular complexity index is 814. The van der Waals surface area contributed by atoms with Crippen LogP contribution in [0, 0.1) is 6.92 Å². The van der Waals surface area contributed by atoms with Crippen LogP contribution in [-0.2, 0) is 18.3 Å². The van der Waals surface area contributed by atoms with Gasteiger partial charge in [0, 0.05) is 50.3 Å². The molecule has 1 saturated heterocycles. The number of nitrogens with zero attached hydrogens (tertiary/aromatic N) is 3. The van der Waals surface area contributed by atoms with Crippen molar-refractivity contribution in [2.24, 2.45) is 7.05 Å². The van der Waals surface area contributed by atoms with Crippen LogP contribution in [0.25, 0.3) is 0 Å². The van der Waals surface area contributed by atoms with E-state index in [0.717, 1.165) is 63.1 Å². The number of aryl methyl sites for hydroxylation is 2. The summed E-state index contributed by atoms with van der Waals surface area (Å²) in [7, 11) is 2.03. The first-order valence-electron chi connectivity index (χ1n) is 10.2. The lowest BCUT2D eigenvalue weighted by Crippen LogP contribution is -2.38. The predicted molar refractivity (Wildman–Crippen MR) is 108 cm³/mol. The van der Waals surface area contributed by atoms with E-state index in [9.17, 15) is 0 Å². The third-order valence-corrected chi connectivity index (χ3v) is 5.48. The first-order chi connectivity index (χ1) is 13.7. The van der Waals surface area contributed by atoms with Crippen molar-refractivity contribution in [1.82, 2.24) is 15.1 Å². The second-order valence-electron chi connectivity index (χ2n) is 7.31. The number of fused-ring (bicyclic) bond motifs is 1. The highest BCUT2D eigenvalue weighted by Crippen LogP contribution is 2.35. The van der Waals surface area contributed by atoms with Crippen LogP contribution in [0.5, 0.6) is 11.5 Å². The number of benzene rings is 1. The first kappa shape index (κ1) is 19.1. The van der Waals surface area contributed by atoms with Gasteiger partial charge in [-0.3, -0.25) is 4.68 Å². The lowest BCUT2D eigenvalue weighted by molar-refractivity contribution is 0.122. The van der Waals surface area contributed by atoms with Crippen LogP contribution in [0.4, 0.5) is 5.82 Å². The van der Waals surface area contributed by atoms with Gasteiger partial charge in [0.2, 0.25) is 0 Å². The Labute approximate surface area is 166 Å². The fourth-order valence-corrected chi connectivity index (χ4v) is 4.13. The summed E-state index contributed by atoms with van der Waals surface area (Å²) in [4.78, 5) is 2.38. The molecule has 0 saturated carbocycles. The zero-order valence-electron chi connectivity index (χ0n) is 17.0. The summed E-state index contributed by atoms with van der Waals surface area (Å²) >= 11 is 0. The Morgan fingerprint density at radius 1 is 1.25 bits per heavy atom. The van der Waals surface area contributed by atoms with Crippen LogP contribution in [-0.4, -0.2) is 49.3 Å². The van der Waals surface area contributed by atoms with Gasteiger partial charge in [-0.2, -0.15) is 5.10 Å². The van der Waals surface area contributed by atoms with Crippen LogP contribution in [0.3, 0.4) is 0 Å². The van der Waals surface area contributed by atoms with Crippen LogP contribution < -0.4 is 19.7 Å². The molecule has 0 radical (unpaired) electrons. The molecule has 0 spiro atoms. The van der Waals surface area contributed by atoms with Gasteiger partial charge in [-0.05, 0) is 32.0 Å². The maximum atomic E-state index is 5.85. The van der Waals surface area contributed by atoms with E-state index in [4.69, 9.17) is 14.2 Å². The number of morpholine rings is 1. The number of rotatable bonds is 6. The van der Waals surface area contributed by atoms with Gasteiger partial charge in [-0.1, -0.05) is 0 Å². The monoisotopic (exact) mass is 386 g/mol. The summed E-state index contributed by atoms with van der Waals surface area (Å²) in [6.07, 6.45) is 0.939. The van der Waals surface area contributed by atoms with E-state index in [1.54, 1.807) is 0 Å². The molecule has 4 rings (SSSR count). The highest BCUT2D eigenvalue weighted by molar-refractivity contribution is 5.51. The minimum Gasteiger partial charge on any atom is -0.494 e. The molecule has 0 aliphatic carbocycles. The molecular weight excluding hydrogens is 356 g/mol. The summed E-state index contributed by atoms with van der Waals surface area (Å²) < 4.78 is 19.1. The second kappa shape index (κ2) is 8.41. The van der Waals surface area contributed by atoms with Crippen molar-refractivity contribution in [2.75, 3.05) is 44.4 Å². The number of hydrogen-bond donors (Lipinski definition) is 1. The second-order valence-corrected chi connectivity index (χ2v) is 7.31. The van der Waals surface area contributed by atoms with Crippen molar-refractivity contribution in [2.45, 2.75) is 32.9 Å². The van der Waals surface area contributed by atoms with Crippen molar-refractivity contribution in [3.05, 3.63) is 35.0 Å². The van der Waals surface area contributed by atoms with Gasteiger partial charge in [-0.25, -0.2) is 0 Å². The summed E-state index contributed by atoms with van der Waals surface area (Å²) in [5.74, 6) is 3.04. The third-order valence-electron chi connectivity index (χ3n) is 5.48. The Kier molecular flexibility index (Phi) is 5.73. The Morgan fingerprint density at radius 3 is 2.86 bits per heavy atom. The van der Waals surface area contributed by atoms with E-state index >= 15 is 0 Å². The van der Waals surface area contributed by atoms with E-state index in [1.165, 1.54) is 16.9 Å². The van der Waals surface area contributed by atoms with Crippen molar-refractivity contribution < 1.29 is 14.2 Å². The molecule has 0 amide bonds. The van der Waals surface area contributed by atoms with Gasteiger partial charge in [0.05, 0.1) is 32.1 Å². The minimum atomic E-state index is 0.237. The van der Waals surface area contributed by atoms with Crippen molar-refractivity contribution >= 4 is 5.82 Å². The zero-order chi connectivity index (χ0) is 19.5. The van der Waals surface area contributed by atoms with E-state index in [2.05, 4.69) is 28.3 Å². The Hall–Kier alpha value is -2.25. The number of aromatic nitrogens is 2. The molecule has 2 aromatic rings. The van der Waals surface area contributed by atoms with Crippen molar-refractivity contribution in [3.8, 4) is 11.5 Å². The average molecular weight is 386 g/mol. The fourth-order valence-electron chi connectivity index (χ4n) is 4.13. The molecule has 7 nitrogen and oxygen atoms in total. The average Bonchev–Trinajstić information content (AvgIpc) is 3.00. The first-order valence-corrected chi connectivity index (χ1v) is 10.2. The summed E-state index contributed by atoms with van der Waals surface area (Å²) in [5.41, 5.74) is 3.51. The maximum absolute atomic E-state index is 5.85. The number of nitrogens with one attached hydrogen (secondary N) is 1. The predicted octanol–water partition coefficient (Wildman–Crippen LogP) is 2.58. The standard InChI is InChI=1S/C21H30N4O3/c1-4-27-16-5-6-20-17(13-16)19(7-10-28-20)22-14-18-15(2)23-24(3)21(18)25-8-11-26-12-9-25/h5-6,13,19,22H,4,7-12,14H2,1-3H3. The minimum absolute atomic E-state index is 0.237. The van der Waals surface area contributed by atoms with E-state index in [-0.39, 0.29) is 6.04 Å². The largest absolute Gasteiger partial charge is 0.494 e. The molecule has 1 aromatic heterocycles. The third kappa shape index (κ3) is 3.82. The SMILES string of the molecule is CCOc1ccc2c(c1)C(NCc1c(C)nn(C)c1N1CCOCC1)CCO2. The smallest absolute Gasteiger partial charge is 0.131 e. The van der Waals surface area contributed by atoms with Crippen LogP contribution in [0.15, 0.2) is 18.2 Å². The van der Waals surface area contributed by atoms with Gasteiger partial charge in [0.25, 0.3) is 0 Å². The lowest BCUT2D eigenvalue weighted by Gasteiger charge is -2.30. The molecular formula is C21H30N4O3.